The largest absolute Gasteiger partial charge is 0.206 e. The third-order valence-electron chi connectivity index (χ3n) is 2.12. The van der Waals surface area contributed by atoms with E-state index in [-0.39, 0.29) is 3.57 Å². The summed E-state index contributed by atoms with van der Waals surface area (Å²) in [6, 6.07) is 11.8. The zero-order valence-corrected chi connectivity index (χ0v) is 9.83. The summed E-state index contributed by atoms with van der Waals surface area (Å²) >= 11 is 1.67. The van der Waals surface area contributed by atoms with E-state index in [4.69, 9.17) is 0 Å². The molecule has 0 atom stereocenters. The molecule has 0 nitrogen and oxygen atoms in total. The Morgan fingerprint density at radius 1 is 0.867 bits per heavy atom. The lowest BCUT2D eigenvalue weighted by Gasteiger charge is -2.05. The summed E-state index contributed by atoms with van der Waals surface area (Å²) in [7, 11) is 0. The van der Waals surface area contributed by atoms with Crippen molar-refractivity contribution in [3.8, 4) is 11.1 Å². The monoisotopic (exact) mass is 316 g/mol. The highest BCUT2D eigenvalue weighted by molar-refractivity contribution is 14.1. The average molecular weight is 316 g/mol. The molecule has 2 aromatic rings. The van der Waals surface area contributed by atoms with Gasteiger partial charge in [-0.1, -0.05) is 30.3 Å². The van der Waals surface area contributed by atoms with Crippen molar-refractivity contribution in [2.45, 2.75) is 0 Å². The molecule has 0 aliphatic carbocycles. The predicted molar refractivity (Wildman–Crippen MR) is 64.5 cm³/mol. The Balaban J connectivity index is 2.60. The van der Waals surface area contributed by atoms with E-state index in [1.54, 1.807) is 34.7 Å². The smallest absolute Gasteiger partial charge is 0.147 e. The van der Waals surface area contributed by atoms with Gasteiger partial charge in [-0.25, -0.2) is 8.78 Å². The highest BCUT2D eigenvalue weighted by Crippen LogP contribution is 2.27. The number of hydrogen-bond donors (Lipinski definition) is 0. The van der Waals surface area contributed by atoms with Crippen LogP contribution in [0.15, 0.2) is 42.5 Å². The van der Waals surface area contributed by atoms with Crippen LogP contribution < -0.4 is 0 Å². The van der Waals surface area contributed by atoms with Crippen LogP contribution in [-0.2, 0) is 0 Å². The second-order valence-electron chi connectivity index (χ2n) is 3.09. The minimum Gasteiger partial charge on any atom is -0.206 e. The first-order chi connectivity index (χ1) is 7.20. The van der Waals surface area contributed by atoms with Crippen molar-refractivity contribution in [1.82, 2.24) is 0 Å². The topological polar surface area (TPSA) is 0 Å². The van der Waals surface area contributed by atoms with Gasteiger partial charge in [0, 0.05) is 5.56 Å². The van der Waals surface area contributed by atoms with Crippen LogP contribution >= 0.6 is 22.6 Å². The van der Waals surface area contributed by atoms with E-state index >= 15 is 0 Å². The molecule has 3 heteroatoms. The van der Waals surface area contributed by atoms with Crippen LogP contribution in [0.4, 0.5) is 8.78 Å². The summed E-state index contributed by atoms with van der Waals surface area (Å²) < 4.78 is 26.8. The van der Waals surface area contributed by atoms with E-state index in [2.05, 4.69) is 0 Å². The van der Waals surface area contributed by atoms with Gasteiger partial charge in [-0.05, 0) is 40.3 Å². The molecular formula is C12H7F2I. The van der Waals surface area contributed by atoms with Gasteiger partial charge in [0.2, 0.25) is 0 Å². The molecular weight excluding hydrogens is 309 g/mol. The molecule has 76 valence electrons. The van der Waals surface area contributed by atoms with Gasteiger partial charge in [0.25, 0.3) is 0 Å². The fourth-order valence-electron chi connectivity index (χ4n) is 1.37. The molecule has 0 spiro atoms. The molecule has 2 aromatic carbocycles. The molecule has 0 amide bonds. The second kappa shape index (κ2) is 4.26. The Hall–Kier alpha value is -0.970. The molecule has 0 heterocycles. The van der Waals surface area contributed by atoms with Crippen LogP contribution in [0.5, 0.6) is 0 Å². The van der Waals surface area contributed by atoms with Gasteiger partial charge in [-0.15, -0.1) is 0 Å². The third kappa shape index (κ3) is 2.02. The van der Waals surface area contributed by atoms with Crippen LogP contribution in [0.3, 0.4) is 0 Å². The summed E-state index contributed by atoms with van der Waals surface area (Å²) in [4.78, 5) is 0. The zero-order chi connectivity index (χ0) is 10.8. The average Bonchev–Trinajstić information content (AvgIpc) is 2.27. The molecule has 0 N–H and O–H groups in total. The molecule has 0 unspecified atom stereocenters. The lowest BCUT2D eigenvalue weighted by Crippen LogP contribution is -1.92. The maximum absolute atomic E-state index is 13.7. The Morgan fingerprint density at radius 2 is 1.53 bits per heavy atom. The summed E-state index contributed by atoms with van der Waals surface area (Å²) in [5.74, 6) is -1.02. The first-order valence-electron chi connectivity index (χ1n) is 4.39. The number of hydrogen-bond acceptors (Lipinski definition) is 0. The molecule has 0 aliphatic rings. The molecule has 0 radical (unpaired) electrons. The second-order valence-corrected chi connectivity index (χ2v) is 4.17. The highest BCUT2D eigenvalue weighted by atomic mass is 127. The van der Waals surface area contributed by atoms with Gasteiger partial charge in [0.1, 0.15) is 11.6 Å². The minimum atomic E-state index is -0.521. The predicted octanol–water partition coefficient (Wildman–Crippen LogP) is 4.24. The van der Waals surface area contributed by atoms with E-state index in [0.29, 0.717) is 5.56 Å². The number of rotatable bonds is 1. The Bertz CT molecular complexity index is 480. The first-order valence-corrected chi connectivity index (χ1v) is 5.47. The number of halogens is 3. The molecule has 0 aliphatic heterocycles. The van der Waals surface area contributed by atoms with Gasteiger partial charge in [0.15, 0.2) is 0 Å². The Kier molecular flexibility index (Phi) is 3.00. The van der Waals surface area contributed by atoms with Gasteiger partial charge in [-0.3, -0.25) is 0 Å². The lowest BCUT2D eigenvalue weighted by atomic mass is 10.1. The Morgan fingerprint density at radius 3 is 2.20 bits per heavy atom. The summed E-state index contributed by atoms with van der Waals surface area (Å²) in [5, 5.41) is 0. The molecule has 0 saturated carbocycles. The molecule has 0 saturated heterocycles. The van der Waals surface area contributed by atoms with Crippen LogP contribution in [0.1, 0.15) is 0 Å². The van der Waals surface area contributed by atoms with E-state index in [0.717, 1.165) is 5.56 Å². The van der Waals surface area contributed by atoms with Gasteiger partial charge < -0.3 is 0 Å². The van der Waals surface area contributed by atoms with Crippen molar-refractivity contribution >= 4 is 22.6 Å². The molecule has 2 rings (SSSR count). The Labute approximate surface area is 100 Å². The maximum atomic E-state index is 13.7. The van der Waals surface area contributed by atoms with Crippen molar-refractivity contribution in [2.24, 2.45) is 0 Å². The van der Waals surface area contributed by atoms with E-state index < -0.39 is 11.6 Å². The summed E-state index contributed by atoms with van der Waals surface area (Å²) in [6.07, 6.45) is 0. The SMILES string of the molecule is Fc1ccc(-c2ccccc2)c(F)c1I. The van der Waals surface area contributed by atoms with Crippen LogP contribution in [-0.4, -0.2) is 0 Å². The van der Waals surface area contributed by atoms with Crippen molar-refractivity contribution in [1.29, 1.82) is 0 Å². The van der Waals surface area contributed by atoms with E-state index in [9.17, 15) is 8.78 Å². The molecule has 0 aromatic heterocycles. The molecule has 0 bridgehead atoms. The van der Waals surface area contributed by atoms with Crippen molar-refractivity contribution < 1.29 is 8.78 Å². The fourth-order valence-corrected chi connectivity index (χ4v) is 1.84. The van der Waals surface area contributed by atoms with Crippen molar-refractivity contribution in [3.63, 3.8) is 0 Å². The van der Waals surface area contributed by atoms with Crippen LogP contribution in [0, 0.1) is 15.2 Å². The molecule has 15 heavy (non-hydrogen) atoms. The van der Waals surface area contributed by atoms with Crippen LogP contribution in [0.25, 0.3) is 11.1 Å². The normalized spacial score (nSPS) is 10.3. The maximum Gasteiger partial charge on any atom is 0.147 e. The third-order valence-corrected chi connectivity index (χ3v) is 3.11. The zero-order valence-electron chi connectivity index (χ0n) is 7.68. The molecule has 0 fully saturated rings. The summed E-state index contributed by atoms with van der Waals surface area (Å²) in [5.41, 5.74) is 1.19. The summed E-state index contributed by atoms with van der Waals surface area (Å²) in [6.45, 7) is 0. The standard InChI is InChI=1S/C12H7F2I/c13-10-7-6-9(11(14)12(10)15)8-4-2-1-3-5-8/h1-7H. The van der Waals surface area contributed by atoms with Crippen molar-refractivity contribution in [3.05, 3.63) is 57.7 Å². The first kappa shape index (κ1) is 10.5. The van der Waals surface area contributed by atoms with Gasteiger partial charge in [-0.2, -0.15) is 0 Å². The number of benzene rings is 2. The van der Waals surface area contributed by atoms with Crippen LogP contribution in [0.2, 0.25) is 0 Å². The lowest BCUT2D eigenvalue weighted by molar-refractivity contribution is 0.573. The van der Waals surface area contributed by atoms with Gasteiger partial charge >= 0.3 is 0 Å². The highest BCUT2D eigenvalue weighted by Gasteiger charge is 2.11. The van der Waals surface area contributed by atoms with Gasteiger partial charge in [0.05, 0.1) is 3.57 Å². The fraction of sp³-hybridized carbons (Fsp3) is 0. The minimum absolute atomic E-state index is 0.0361. The van der Waals surface area contributed by atoms with Crippen molar-refractivity contribution in [2.75, 3.05) is 0 Å². The van der Waals surface area contributed by atoms with E-state index in [1.807, 2.05) is 18.2 Å². The van der Waals surface area contributed by atoms with E-state index in [1.165, 1.54) is 12.1 Å². The quantitative estimate of drug-likeness (QED) is 0.545.